The van der Waals surface area contributed by atoms with Crippen LogP contribution in [-0.2, 0) is 0 Å². The molecule has 1 aromatic heterocycles. The first-order valence-corrected chi connectivity index (χ1v) is 9.20. The zero-order valence-electron chi connectivity index (χ0n) is 14.5. The number of H-pyrrole nitrogens is 1. The van der Waals surface area contributed by atoms with Crippen molar-refractivity contribution in [1.29, 1.82) is 0 Å². The van der Waals surface area contributed by atoms with E-state index in [9.17, 15) is 14.7 Å². The molecule has 0 aliphatic rings. The van der Waals surface area contributed by atoms with Gasteiger partial charge in [0.05, 0.1) is 11.4 Å². The number of aromatic nitrogens is 2. The molecule has 0 spiro atoms. The zero-order valence-corrected chi connectivity index (χ0v) is 16.1. The van der Waals surface area contributed by atoms with Gasteiger partial charge in [-0.3, -0.25) is 14.8 Å². The summed E-state index contributed by atoms with van der Waals surface area (Å²) < 4.78 is 1.91. The zero-order chi connectivity index (χ0) is 19.7. The predicted octanol–water partition coefficient (Wildman–Crippen LogP) is 3.90. The second-order valence-corrected chi connectivity index (χ2v) is 6.98. The molecule has 7 heteroatoms. The lowest BCUT2D eigenvalue weighted by atomic mass is 10.1. The third kappa shape index (κ3) is 3.27. The minimum absolute atomic E-state index is 0.104. The van der Waals surface area contributed by atoms with E-state index in [0.29, 0.717) is 11.4 Å². The lowest BCUT2D eigenvalue weighted by Crippen LogP contribution is -2.31. The molecule has 6 nitrogen and oxygen atoms in total. The molecule has 0 radical (unpaired) electrons. The smallest absolute Gasteiger partial charge is 0.335 e. The lowest BCUT2D eigenvalue weighted by Gasteiger charge is -2.12. The number of nitrogens with one attached hydrogen (secondary N) is 1. The van der Waals surface area contributed by atoms with Crippen LogP contribution in [0.3, 0.4) is 0 Å². The Morgan fingerprint density at radius 3 is 2.57 bits per heavy atom. The van der Waals surface area contributed by atoms with Crippen molar-refractivity contribution >= 4 is 38.6 Å². The molecule has 4 rings (SSSR count). The Morgan fingerprint density at radius 2 is 1.75 bits per heavy atom. The highest BCUT2D eigenvalue weighted by Gasteiger charge is 2.15. The molecule has 0 atom stereocenters. The SMILES string of the molecule is O=c1[nH]c(=O)n(-c2cccc3ccccc23)c(O)c1C=Nc1cccc(Br)c1. The molecule has 4 aromatic rings. The van der Waals surface area contributed by atoms with Gasteiger partial charge in [0.1, 0.15) is 5.56 Å². The summed E-state index contributed by atoms with van der Waals surface area (Å²) in [5.41, 5.74) is -0.478. The summed E-state index contributed by atoms with van der Waals surface area (Å²) in [5, 5.41) is 12.4. The van der Waals surface area contributed by atoms with Crippen molar-refractivity contribution in [3.05, 3.63) is 97.6 Å². The molecule has 0 amide bonds. The highest BCUT2D eigenvalue weighted by molar-refractivity contribution is 9.10. The largest absolute Gasteiger partial charge is 0.493 e. The number of hydrogen-bond donors (Lipinski definition) is 2. The Morgan fingerprint density at radius 1 is 1.00 bits per heavy atom. The van der Waals surface area contributed by atoms with Gasteiger partial charge < -0.3 is 5.11 Å². The number of benzene rings is 3. The Bertz CT molecular complexity index is 1330. The summed E-state index contributed by atoms with van der Waals surface area (Å²) in [5.74, 6) is -0.469. The molecule has 0 aliphatic heterocycles. The molecule has 0 saturated carbocycles. The van der Waals surface area contributed by atoms with Crippen LogP contribution in [0.25, 0.3) is 16.5 Å². The van der Waals surface area contributed by atoms with Gasteiger partial charge in [0.25, 0.3) is 5.56 Å². The van der Waals surface area contributed by atoms with Gasteiger partial charge in [0.15, 0.2) is 0 Å². The molecule has 3 aromatic carbocycles. The summed E-state index contributed by atoms with van der Waals surface area (Å²) in [4.78, 5) is 31.2. The van der Waals surface area contributed by atoms with Crippen LogP contribution in [0.15, 0.2) is 85.8 Å². The number of nitrogens with zero attached hydrogens (tertiary/aromatic N) is 2. The number of aromatic hydroxyl groups is 1. The van der Waals surface area contributed by atoms with Crippen molar-refractivity contribution in [1.82, 2.24) is 9.55 Å². The van der Waals surface area contributed by atoms with E-state index in [2.05, 4.69) is 25.9 Å². The monoisotopic (exact) mass is 435 g/mol. The van der Waals surface area contributed by atoms with Gasteiger partial charge in [-0.2, -0.15) is 0 Å². The van der Waals surface area contributed by atoms with Gasteiger partial charge in [0, 0.05) is 16.1 Å². The summed E-state index contributed by atoms with van der Waals surface area (Å²) >= 11 is 3.36. The molecule has 0 fully saturated rings. The van der Waals surface area contributed by atoms with Gasteiger partial charge in [-0.15, -0.1) is 0 Å². The first-order valence-electron chi connectivity index (χ1n) is 8.40. The van der Waals surface area contributed by atoms with E-state index in [1.54, 1.807) is 30.3 Å². The summed E-state index contributed by atoms with van der Waals surface area (Å²) in [6.45, 7) is 0. The molecule has 138 valence electrons. The van der Waals surface area contributed by atoms with E-state index in [0.717, 1.165) is 19.8 Å². The third-order valence-electron chi connectivity index (χ3n) is 4.28. The van der Waals surface area contributed by atoms with Gasteiger partial charge in [-0.25, -0.2) is 9.36 Å². The van der Waals surface area contributed by atoms with Crippen LogP contribution in [0, 0.1) is 0 Å². The van der Waals surface area contributed by atoms with Crippen molar-refractivity contribution in [3.63, 3.8) is 0 Å². The van der Waals surface area contributed by atoms with Crippen molar-refractivity contribution in [2.24, 2.45) is 4.99 Å². The number of halogens is 1. The first-order chi connectivity index (χ1) is 13.5. The maximum Gasteiger partial charge on any atom is 0.335 e. The minimum atomic E-state index is -0.724. The fourth-order valence-corrected chi connectivity index (χ4v) is 3.36. The molecular formula is C21H14BrN3O3. The number of aromatic amines is 1. The maximum atomic E-state index is 12.5. The molecular weight excluding hydrogens is 422 g/mol. The Kier molecular flexibility index (Phi) is 4.67. The van der Waals surface area contributed by atoms with Gasteiger partial charge >= 0.3 is 5.69 Å². The van der Waals surface area contributed by atoms with E-state index < -0.39 is 17.1 Å². The second-order valence-electron chi connectivity index (χ2n) is 6.07. The summed E-state index contributed by atoms with van der Waals surface area (Å²) in [6, 6.07) is 20.0. The maximum absolute atomic E-state index is 12.5. The molecule has 0 unspecified atom stereocenters. The highest BCUT2D eigenvalue weighted by Crippen LogP contribution is 2.25. The average Bonchev–Trinajstić information content (AvgIpc) is 2.68. The Balaban J connectivity index is 1.92. The van der Waals surface area contributed by atoms with E-state index >= 15 is 0 Å². The van der Waals surface area contributed by atoms with Crippen LogP contribution in [0.1, 0.15) is 5.56 Å². The Labute approximate surface area is 167 Å². The van der Waals surface area contributed by atoms with Crippen molar-refractivity contribution in [2.75, 3.05) is 0 Å². The fraction of sp³-hybridized carbons (Fsp3) is 0. The number of aliphatic imine (C=N–C) groups is 1. The van der Waals surface area contributed by atoms with Crippen LogP contribution in [0.5, 0.6) is 5.88 Å². The molecule has 1 heterocycles. The fourth-order valence-electron chi connectivity index (χ4n) is 2.98. The van der Waals surface area contributed by atoms with E-state index in [4.69, 9.17) is 0 Å². The topological polar surface area (TPSA) is 87.5 Å². The van der Waals surface area contributed by atoms with Crippen LogP contribution in [0.4, 0.5) is 5.69 Å². The minimum Gasteiger partial charge on any atom is -0.493 e. The number of fused-ring (bicyclic) bond motifs is 1. The van der Waals surface area contributed by atoms with Gasteiger partial charge in [-0.1, -0.05) is 58.4 Å². The van der Waals surface area contributed by atoms with Crippen LogP contribution in [-0.4, -0.2) is 20.9 Å². The van der Waals surface area contributed by atoms with Gasteiger partial charge in [-0.05, 0) is 29.7 Å². The van der Waals surface area contributed by atoms with E-state index in [-0.39, 0.29) is 5.56 Å². The lowest BCUT2D eigenvalue weighted by molar-refractivity contribution is 0.430. The standard InChI is InChI=1S/C21H14BrN3O3/c22-14-7-4-8-15(11-14)23-12-17-19(26)24-21(28)25(20(17)27)18-10-3-6-13-5-1-2-9-16(13)18/h1-12,27H,(H,24,26,28). The van der Waals surface area contributed by atoms with E-state index in [1.165, 1.54) is 6.21 Å². The van der Waals surface area contributed by atoms with Crippen molar-refractivity contribution in [3.8, 4) is 11.6 Å². The number of rotatable bonds is 3. The van der Waals surface area contributed by atoms with E-state index in [1.807, 2.05) is 36.4 Å². The van der Waals surface area contributed by atoms with Crippen LogP contribution < -0.4 is 11.2 Å². The molecule has 0 saturated heterocycles. The molecule has 28 heavy (non-hydrogen) atoms. The van der Waals surface area contributed by atoms with Crippen LogP contribution >= 0.6 is 15.9 Å². The summed E-state index contributed by atoms with van der Waals surface area (Å²) in [6.07, 6.45) is 1.25. The van der Waals surface area contributed by atoms with Crippen molar-refractivity contribution in [2.45, 2.75) is 0 Å². The first kappa shape index (κ1) is 17.9. The number of hydrogen-bond acceptors (Lipinski definition) is 4. The summed E-state index contributed by atoms with van der Waals surface area (Å²) in [7, 11) is 0. The second kappa shape index (κ2) is 7.28. The predicted molar refractivity (Wildman–Crippen MR) is 113 cm³/mol. The third-order valence-corrected chi connectivity index (χ3v) is 4.77. The highest BCUT2D eigenvalue weighted by atomic mass is 79.9. The quantitative estimate of drug-likeness (QED) is 0.478. The molecule has 2 N–H and O–H groups in total. The molecule has 0 aliphatic carbocycles. The van der Waals surface area contributed by atoms with Crippen LogP contribution in [0.2, 0.25) is 0 Å². The van der Waals surface area contributed by atoms with Crippen molar-refractivity contribution < 1.29 is 5.11 Å². The normalized spacial score (nSPS) is 11.3. The van der Waals surface area contributed by atoms with Gasteiger partial charge in [0.2, 0.25) is 5.88 Å². The Hall–Kier alpha value is -3.45. The average molecular weight is 436 g/mol. The molecule has 0 bridgehead atoms.